The molecular weight excluding hydrogens is 464 g/mol. The fraction of sp³-hybridized carbons (Fsp3) is 0.259. The van der Waals surface area contributed by atoms with Gasteiger partial charge in [-0.05, 0) is 61.0 Å². The third-order valence-corrected chi connectivity index (χ3v) is 7.50. The summed E-state index contributed by atoms with van der Waals surface area (Å²) in [5.41, 5.74) is 1.76. The van der Waals surface area contributed by atoms with Crippen molar-refractivity contribution in [1.29, 1.82) is 0 Å². The van der Waals surface area contributed by atoms with Crippen LogP contribution < -0.4 is 14.4 Å². The number of anilines is 1. The summed E-state index contributed by atoms with van der Waals surface area (Å²) < 4.78 is 16.1. The Morgan fingerprint density at radius 1 is 1.03 bits per heavy atom. The molecule has 2 heterocycles. The van der Waals surface area contributed by atoms with Gasteiger partial charge in [-0.25, -0.2) is 4.79 Å². The van der Waals surface area contributed by atoms with Crippen molar-refractivity contribution in [2.45, 2.75) is 29.2 Å². The van der Waals surface area contributed by atoms with Gasteiger partial charge >= 0.3 is 5.97 Å². The molecule has 0 saturated carbocycles. The Kier molecular flexibility index (Phi) is 6.30. The van der Waals surface area contributed by atoms with E-state index in [4.69, 9.17) is 19.0 Å². The smallest absolute Gasteiger partial charge is 0.378 e. The highest BCUT2D eigenvalue weighted by Crippen LogP contribution is 2.55. The van der Waals surface area contributed by atoms with E-state index < -0.39 is 11.7 Å². The maximum Gasteiger partial charge on any atom is 0.378 e. The van der Waals surface area contributed by atoms with Crippen LogP contribution in [0.3, 0.4) is 0 Å². The predicted molar refractivity (Wildman–Crippen MR) is 135 cm³/mol. The van der Waals surface area contributed by atoms with Crippen molar-refractivity contribution in [3.8, 4) is 11.5 Å². The fourth-order valence-corrected chi connectivity index (χ4v) is 5.82. The second-order valence-electron chi connectivity index (χ2n) is 8.13. The first kappa shape index (κ1) is 23.1. The number of esters is 1. The molecule has 3 aromatic carbocycles. The van der Waals surface area contributed by atoms with Gasteiger partial charge in [-0.2, -0.15) is 0 Å². The van der Waals surface area contributed by atoms with Gasteiger partial charge in [-0.1, -0.05) is 29.4 Å². The number of hydrogen-bond donors (Lipinski definition) is 0. The summed E-state index contributed by atoms with van der Waals surface area (Å²) >= 11 is 1.73. The summed E-state index contributed by atoms with van der Waals surface area (Å²) in [6.07, 6.45) is 0.525. The van der Waals surface area contributed by atoms with E-state index in [2.05, 4.69) is 23.4 Å². The number of fused-ring (bicyclic) bond motifs is 3. The van der Waals surface area contributed by atoms with E-state index in [1.54, 1.807) is 32.9 Å². The van der Waals surface area contributed by atoms with Crippen LogP contribution in [0.25, 0.3) is 0 Å². The van der Waals surface area contributed by atoms with E-state index in [1.165, 1.54) is 0 Å². The maximum atomic E-state index is 13.0. The van der Waals surface area contributed by atoms with E-state index in [-0.39, 0.29) is 17.7 Å². The van der Waals surface area contributed by atoms with Crippen LogP contribution in [0.5, 0.6) is 11.5 Å². The van der Waals surface area contributed by atoms with Crippen molar-refractivity contribution in [1.82, 2.24) is 0 Å². The molecule has 8 heteroatoms. The average molecular weight is 491 g/mol. The van der Waals surface area contributed by atoms with Gasteiger partial charge in [0.25, 0.3) is 5.84 Å². The first-order chi connectivity index (χ1) is 17.1. The van der Waals surface area contributed by atoms with Gasteiger partial charge in [0.1, 0.15) is 11.5 Å². The Balaban J connectivity index is 1.68. The third-order valence-electron chi connectivity index (χ3n) is 6.18. The van der Waals surface area contributed by atoms with Gasteiger partial charge in [0.05, 0.1) is 26.5 Å². The Labute approximate surface area is 208 Å². The molecule has 2 aliphatic rings. The first-order valence-corrected chi connectivity index (χ1v) is 12.2. The number of thioether (sulfide) groups is 1. The second kappa shape index (κ2) is 9.54. The highest BCUT2D eigenvalue weighted by Gasteiger charge is 2.54. The van der Waals surface area contributed by atoms with Crippen molar-refractivity contribution >= 4 is 29.3 Å². The lowest BCUT2D eigenvalue weighted by Crippen LogP contribution is -2.49. The fourth-order valence-electron chi connectivity index (χ4n) is 4.48. The second-order valence-corrected chi connectivity index (χ2v) is 9.37. The largest absolute Gasteiger partial charge is 0.497 e. The standard InChI is InChI=1S/C27H26N2O5S/c1-4-33-26(30)25-28-34-27(19-11-15-21(32-3)16-12-19)17-24(18-9-13-20(31-2)14-10-18)35-23-8-6-5-7-22(23)29(25)27/h5-16,24H,4,17H2,1-3H3. The molecule has 2 unspecified atom stereocenters. The number of benzene rings is 3. The highest BCUT2D eigenvalue weighted by molar-refractivity contribution is 7.99. The zero-order valence-electron chi connectivity index (χ0n) is 19.8. The van der Waals surface area contributed by atoms with Gasteiger partial charge < -0.3 is 19.0 Å². The summed E-state index contributed by atoms with van der Waals surface area (Å²) in [6.45, 7) is 2.02. The lowest BCUT2D eigenvalue weighted by Gasteiger charge is -2.37. The Hall–Kier alpha value is -3.65. The minimum Gasteiger partial charge on any atom is -0.497 e. The molecule has 0 radical (unpaired) electrons. The van der Waals surface area contributed by atoms with Gasteiger partial charge in [-0.15, -0.1) is 11.8 Å². The summed E-state index contributed by atoms with van der Waals surface area (Å²) in [4.78, 5) is 22.2. The number of hydrogen-bond acceptors (Lipinski definition) is 8. The lowest BCUT2D eigenvalue weighted by atomic mass is 9.92. The van der Waals surface area contributed by atoms with Crippen molar-refractivity contribution in [3.05, 3.63) is 83.9 Å². The summed E-state index contributed by atoms with van der Waals surface area (Å²) in [6, 6.07) is 23.7. The van der Waals surface area contributed by atoms with Crippen molar-refractivity contribution < 1.29 is 23.8 Å². The Bertz CT molecular complexity index is 1250. The highest BCUT2D eigenvalue weighted by atomic mass is 32.2. The summed E-state index contributed by atoms with van der Waals surface area (Å²) in [7, 11) is 3.29. The molecule has 180 valence electrons. The van der Waals surface area contributed by atoms with E-state index in [0.717, 1.165) is 33.2 Å². The zero-order chi connectivity index (χ0) is 24.4. The Morgan fingerprint density at radius 2 is 1.69 bits per heavy atom. The average Bonchev–Trinajstić information content (AvgIpc) is 3.22. The monoisotopic (exact) mass is 490 g/mol. The number of para-hydroxylation sites is 1. The number of methoxy groups -OCH3 is 2. The SMILES string of the molecule is CCOC(=O)C1=NOC2(c3ccc(OC)cc3)CC(c3ccc(OC)cc3)Sc3ccccc3N12. The van der Waals surface area contributed by atoms with Crippen molar-refractivity contribution in [2.75, 3.05) is 25.7 Å². The molecule has 0 saturated heterocycles. The molecule has 3 aromatic rings. The van der Waals surface area contributed by atoms with Gasteiger partial charge in [0.2, 0.25) is 5.72 Å². The van der Waals surface area contributed by atoms with Crippen LogP contribution in [-0.2, 0) is 20.1 Å². The summed E-state index contributed by atoms with van der Waals surface area (Å²) in [5.74, 6) is 1.14. The molecule has 0 amide bonds. The molecule has 5 rings (SSSR count). The van der Waals surface area contributed by atoms with Crippen LogP contribution in [-0.4, -0.2) is 32.6 Å². The topological polar surface area (TPSA) is 69.6 Å². The van der Waals surface area contributed by atoms with Crippen LogP contribution in [0.2, 0.25) is 0 Å². The van der Waals surface area contributed by atoms with E-state index in [0.29, 0.717) is 6.42 Å². The molecule has 0 aliphatic carbocycles. The molecule has 2 atom stereocenters. The maximum absolute atomic E-state index is 13.0. The van der Waals surface area contributed by atoms with Gasteiger partial charge in [-0.3, -0.25) is 4.90 Å². The number of nitrogens with zero attached hydrogens (tertiary/aromatic N) is 2. The quantitative estimate of drug-likeness (QED) is 0.422. The van der Waals surface area contributed by atoms with Crippen LogP contribution in [0, 0.1) is 0 Å². The molecule has 35 heavy (non-hydrogen) atoms. The van der Waals surface area contributed by atoms with Crippen LogP contribution in [0.4, 0.5) is 5.69 Å². The van der Waals surface area contributed by atoms with Crippen LogP contribution in [0.1, 0.15) is 29.7 Å². The van der Waals surface area contributed by atoms with E-state index in [1.807, 2.05) is 59.5 Å². The molecule has 0 N–H and O–H groups in total. The van der Waals surface area contributed by atoms with Crippen LogP contribution in [0.15, 0.2) is 82.8 Å². The van der Waals surface area contributed by atoms with Gasteiger partial charge in [0, 0.05) is 22.1 Å². The number of rotatable bonds is 6. The number of oxime groups is 1. The minimum absolute atomic E-state index is 0.00547. The number of amidine groups is 1. The molecule has 7 nitrogen and oxygen atoms in total. The third kappa shape index (κ3) is 4.08. The van der Waals surface area contributed by atoms with Gasteiger partial charge in [0.15, 0.2) is 0 Å². The Morgan fingerprint density at radius 3 is 2.34 bits per heavy atom. The van der Waals surface area contributed by atoms with Crippen molar-refractivity contribution in [2.24, 2.45) is 5.16 Å². The molecule has 2 aliphatic heterocycles. The normalized spacial score (nSPS) is 20.6. The summed E-state index contributed by atoms with van der Waals surface area (Å²) in [5, 5.41) is 4.30. The van der Waals surface area contributed by atoms with E-state index in [9.17, 15) is 4.79 Å². The molecule has 0 spiro atoms. The van der Waals surface area contributed by atoms with E-state index >= 15 is 0 Å². The molecule has 0 bridgehead atoms. The first-order valence-electron chi connectivity index (χ1n) is 11.4. The molecule has 0 fully saturated rings. The molecule has 0 aromatic heterocycles. The number of ether oxygens (including phenoxy) is 3. The van der Waals surface area contributed by atoms with Crippen LogP contribution >= 0.6 is 11.8 Å². The minimum atomic E-state index is -1.06. The lowest BCUT2D eigenvalue weighted by molar-refractivity contribution is -0.135. The molecular formula is C27H26N2O5S. The number of carbonyl (C=O) groups is 1. The predicted octanol–water partition coefficient (Wildman–Crippen LogP) is 5.51. The van der Waals surface area contributed by atoms with Crippen molar-refractivity contribution in [3.63, 3.8) is 0 Å². The number of carbonyl (C=O) groups excluding carboxylic acids is 1. The zero-order valence-corrected chi connectivity index (χ0v) is 20.6.